The Kier molecular flexibility index (Phi) is 7.18. The highest BCUT2D eigenvalue weighted by Crippen LogP contribution is 2.46. The second-order valence-corrected chi connectivity index (χ2v) is 11.2. The van der Waals surface area contributed by atoms with Crippen molar-refractivity contribution in [2.24, 2.45) is 0 Å². The number of para-hydroxylation sites is 1. The van der Waals surface area contributed by atoms with Crippen LogP contribution >= 0.6 is 0 Å². The highest BCUT2D eigenvalue weighted by molar-refractivity contribution is 6.03. The van der Waals surface area contributed by atoms with E-state index in [-0.39, 0.29) is 11.8 Å². The van der Waals surface area contributed by atoms with Crippen molar-refractivity contribution in [1.29, 1.82) is 0 Å². The van der Waals surface area contributed by atoms with Crippen LogP contribution in [0.25, 0.3) is 0 Å². The van der Waals surface area contributed by atoms with E-state index in [1.807, 2.05) is 45.4 Å². The molecule has 1 saturated heterocycles. The third-order valence-electron chi connectivity index (χ3n) is 8.71. The van der Waals surface area contributed by atoms with Gasteiger partial charge < -0.3 is 14.7 Å². The van der Waals surface area contributed by atoms with Crippen molar-refractivity contribution in [3.63, 3.8) is 0 Å². The fourth-order valence-electron chi connectivity index (χ4n) is 6.47. The molecule has 1 atom stereocenters. The summed E-state index contributed by atoms with van der Waals surface area (Å²) in [5.74, 6) is 0.0898. The fourth-order valence-corrected chi connectivity index (χ4v) is 6.47. The number of rotatable bonds is 7. The van der Waals surface area contributed by atoms with Gasteiger partial charge in [-0.2, -0.15) is 0 Å². The number of carbonyl (C=O) groups is 2. The molecule has 0 aromatic heterocycles. The summed E-state index contributed by atoms with van der Waals surface area (Å²) in [5, 5.41) is 0. The maximum atomic E-state index is 13.6. The summed E-state index contributed by atoms with van der Waals surface area (Å²) < 4.78 is 0. The van der Waals surface area contributed by atoms with Crippen LogP contribution in [0, 0.1) is 0 Å². The van der Waals surface area contributed by atoms with Gasteiger partial charge in [0.25, 0.3) is 0 Å². The molecule has 1 fully saturated rings. The number of likely N-dealkylation sites (tertiary alicyclic amines) is 1. The van der Waals surface area contributed by atoms with E-state index in [2.05, 4.69) is 34.1 Å². The van der Waals surface area contributed by atoms with Crippen LogP contribution in [0.5, 0.6) is 0 Å². The molecule has 0 radical (unpaired) electrons. The van der Waals surface area contributed by atoms with E-state index in [1.54, 1.807) is 15.4 Å². The molecule has 6 nitrogen and oxygen atoms in total. The van der Waals surface area contributed by atoms with Crippen LogP contribution in [0.2, 0.25) is 0 Å². The highest BCUT2D eigenvalue weighted by Gasteiger charge is 2.42. The molecule has 2 aliphatic heterocycles. The molecule has 2 heterocycles. The lowest BCUT2D eigenvalue weighted by Gasteiger charge is -2.40. The van der Waals surface area contributed by atoms with E-state index >= 15 is 0 Å². The van der Waals surface area contributed by atoms with Crippen LogP contribution in [0.15, 0.2) is 48.5 Å². The number of hydrogen-bond donors (Lipinski definition) is 0. The number of hydrogen-bond acceptors (Lipinski definition) is 4. The monoisotopic (exact) mass is 488 g/mol. The van der Waals surface area contributed by atoms with Crippen molar-refractivity contribution < 1.29 is 9.59 Å². The maximum absolute atomic E-state index is 13.6. The van der Waals surface area contributed by atoms with Crippen molar-refractivity contribution in [1.82, 2.24) is 14.7 Å². The predicted octanol–water partition coefficient (Wildman–Crippen LogP) is 3.33. The van der Waals surface area contributed by atoms with E-state index in [1.165, 1.54) is 31.2 Å². The number of benzene rings is 2. The third kappa shape index (κ3) is 4.81. The molecular formula is C30H40N4O2. The summed E-state index contributed by atoms with van der Waals surface area (Å²) in [6.07, 6.45) is 5.84. The molecule has 192 valence electrons. The topological polar surface area (TPSA) is 47.1 Å². The zero-order valence-electron chi connectivity index (χ0n) is 22.1. The second kappa shape index (κ2) is 10.3. The first kappa shape index (κ1) is 25.0. The van der Waals surface area contributed by atoms with Crippen LogP contribution in [-0.2, 0) is 27.8 Å². The fraction of sp³-hybridized carbons (Fsp3) is 0.533. The van der Waals surface area contributed by atoms with Gasteiger partial charge in [-0.1, -0.05) is 42.5 Å². The van der Waals surface area contributed by atoms with Gasteiger partial charge in [0, 0.05) is 45.2 Å². The van der Waals surface area contributed by atoms with Crippen molar-refractivity contribution in [2.75, 3.05) is 58.8 Å². The minimum Gasteiger partial charge on any atom is -0.343 e. The predicted molar refractivity (Wildman–Crippen MR) is 144 cm³/mol. The smallest absolute Gasteiger partial charge is 0.245 e. The molecule has 0 saturated carbocycles. The van der Waals surface area contributed by atoms with Crippen molar-refractivity contribution >= 4 is 17.5 Å². The minimum absolute atomic E-state index is 0.0289. The summed E-state index contributed by atoms with van der Waals surface area (Å²) in [6.45, 7) is 4.28. The number of carbonyl (C=O) groups excluding carboxylic acids is 2. The van der Waals surface area contributed by atoms with Crippen LogP contribution < -0.4 is 4.90 Å². The Morgan fingerprint density at radius 1 is 0.917 bits per heavy atom. The molecule has 6 heteroatoms. The van der Waals surface area contributed by atoms with Gasteiger partial charge in [-0.05, 0) is 81.0 Å². The average Bonchev–Trinajstić information content (AvgIpc) is 3.45. The molecular weight excluding hydrogens is 448 g/mol. The second-order valence-electron chi connectivity index (χ2n) is 11.2. The number of nitrogens with zero attached hydrogens (tertiary/aromatic N) is 4. The molecule has 2 aromatic carbocycles. The molecule has 36 heavy (non-hydrogen) atoms. The number of aryl methyl sites for hydroxylation is 1. The van der Waals surface area contributed by atoms with Gasteiger partial charge in [0.15, 0.2) is 0 Å². The van der Waals surface area contributed by atoms with Crippen LogP contribution in [0.4, 0.5) is 5.69 Å². The Bertz CT molecular complexity index is 1110. The van der Waals surface area contributed by atoms with Crippen molar-refractivity contribution in [3.05, 3.63) is 65.2 Å². The normalized spacial score (nSPS) is 20.6. The average molecular weight is 489 g/mol. The van der Waals surface area contributed by atoms with Gasteiger partial charge in [-0.15, -0.1) is 0 Å². The Morgan fingerprint density at radius 2 is 1.61 bits per heavy atom. The van der Waals surface area contributed by atoms with Crippen LogP contribution in [-0.4, -0.2) is 86.4 Å². The zero-order chi connectivity index (χ0) is 25.3. The molecule has 0 unspecified atom stereocenters. The SMILES string of the molecule is CN(C)CCN(C)C(=O)[C@@H]1Cc2ccccc2N1C(=O)CCN1CCC2(CCc3ccccc32)CC1. The first-order valence-electron chi connectivity index (χ1n) is 13.5. The molecule has 0 bridgehead atoms. The number of anilines is 1. The summed E-state index contributed by atoms with van der Waals surface area (Å²) >= 11 is 0. The van der Waals surface area contributed by atoms with Gasteiger partial charge in [0.1, 0.15) is 6.04 Å². The van der Waals surface area contributed by atoms with Gasteiger partial charge in [0.05, 0.1) is 0 Å². The summed E-state index contributed by atoms with van der Waals surface area (Å²) in [6, 6.07) is 16.5. The van der Waals surface area contributed by atoms with Gasteiger partial charge in [0.2, 0.25) is 11.8 Å². The van der Waals surface area contributed by atoms with Gasteiger partial charge >= 0.3 is 0 Å². The minimum atomic E-state index is -0.443. The van der Waals surface area contributed by atoms with Crippen LogP contribution in [0.1, 0.15) is 42.4 Å². The molecule has 3 aliphatic rings. The quantitative estimate of drug-likeness (QED) is 0.600. The van der Waals surface area contributed by atoms with Crippen molar-refractivity contribution in [3.8, 4) is 0 Å². The van der Waals surface area contributed by atoms with E-state index in [0.29, 0.717) is 24.8 Å². The molecule has 2 amide bonds. The number of amides is 2. The van der Waals surface area contributed by atoms with Crippen LogP contribution in [0.3, 0.4) is 0 Å². The van der Waals surface area contributed by atoms with Gasteiger partial charge in [-0.25, -0.2) is 0 Å². The van der Waals surface area contributed by atoms with E-state index < -0.39 is 6.04 Å². The zero-order valence-corrected chi connectivity index (χ0v) is 22.1. The molecule has 0 N–H and O–H groups in total. The first-order valence-corrected chi connectivity index (χ1v) is 13.5. The molecule has 1 spiro atoms. The van der Waals surface area contributed by atoms with E-state index in [9.17, 15) is 9.59 Å². The Labute approximate surface area is 215 Å². The Morgan fingerprint density at radius 3 is 2.36 bits per heavy atom. The maximum Gasteiger partial charge on any atom is 0.245 e. The molecule has 5 rings (SSSR count). The van der Waals surface area contributed by atoms with Crippen molar-refractivity contribution in [2.45, 2.75) is 50.0 Å². The lowest BCUT2D eigenvalue weighted by atomic mass is 9.74. The third-order valence-corrected chi connectivity index (χ3v) is 8.71. The Hall–Kier alpha value is -2.70. The highest BCUT2D eigenvalue weighted by atomic mass is 16.2. The molecule has 1 aliphatic carbocycles. The number of fused-ring (bicyclic) bond motifs is 3. The Balaban J connectivity index is 1.21. The first-order chi connectivity index (χ1) is 17.4. The van der Waals surface area contributed by atoms with Gasteiger partial charge in [-0.3, -0.25) is 14.5 Å². The lowest BCUT2D eigenvalue weighted by molar-refractivity contribution is -0.133. The van der Waals surface area contributed by atoms with E-state index in [0.717, 1.165) is 37.4 Å². The van der Waals surface area contributed by atoms with E-state index in [4.69, 9.17) is 0 Å². The summed E-state index contributed by atoms with van der Waals surface area (Å²) in [7, 11) is 5.86. The molecule has 2 aromatic rings. The number of likely N-dealkylation sites (N-methyl/N-ethyl adjacent to an activating group) is 2. The summed E-state index contributed by atoms with van der Waals surface area (Å²) in [5.41, 5.74) is 5.42. The summed E-state index contributed by atoms with van der Waals surface area (Å²) in [4.78, 5) is 35.1. The largest absolute Gasteiger partial charge is 0.343 e. The lowest BCUT2D eigenvalue weighted by Crippen LogP contribution is -2.50. The standard InChI is InChI=1S/C30H40N4O2/c1-31(2)20-21-32(3)29(36)27-22-24-9-5-7-11-26(24)34(27)28(35)13-17-33-18-15-30(16-19-33)14-12-23-8-4-6-10-25(23)30/h4-11,27H,12-22H2,1-3H3/t27-/m0/s1. The number of piperidine rings is 1.